The SMILES string of the molecule is Cc1ccc2c(c1)NCC(C(=O)N1CCN(C)CC1)O2. The Morgan fingerprint density at radius 3 is 2.80 bits per heavy atom. The van der Waals surface area contributed by atoms with Crippen molar-refractivity contribution in [2.45, 2.75) is 13.0 Å². The van der Waals surface area contributed by atoms with E-state index in [4.69, 9.17) is 4.74 Å². The molecule has 1 atom stereocenters. The molecule has 1 aromatic rings. The standard InChI is InChI=1S/C15H21N3O2/c1-11-3-4-13-12(9-11)16-10-14(20-13)15(19)18-7-5-17(2)6-8-18/h3-4,9,14,16H,5-8,10H2,1-2H3. The molecule has 2 aliphatic heterocycles. The van der Waals surface area contributed by atoms with Gasteiger partial charge in [0.2, 0.25) is 0 Å². The lowest BCUT2D eigenvalue weighted by Gasteiger charge is -2.36. The number of hydrogen-bond acceptors (Lipinski definition) is 4. The first-order chi connectivity index (χ1) is 9.63. The predicted octanol–water partition coefficient (Wildman–Crippen LogP) is 0.942. The zero-order chi connectivity index (χ0) is 14.1. The molecular formula is C15H21N3O2. The van der Waals surface area contributed by atoms with E-state index < -0.39 is 6.10 Å². The van der Waals surface area contributed by atoms with Crippen LogP contribution in [-0.4, -0.2) is 61.6 Å². The summed E-state index contributed by atoms with van der Waals surface area (Å²) in [6, 6.07) is 5.98. The first-order valence-corrected chi connectivity index (χ1v) is 7.12. The molecule has 0 spiro atoms. The van der Waals surface area contributed by atoms with Gasteiger partial charge in [0.25, 0.3) is 5.91 Å². The summed E-state index contributed by atoms with van der Waals surface area (Å²) in [6.07, 6.45) is -0.409. The number of ether oxygens (including phenoxy) is 1. The largest absolute Gasteiger partial charge is 0.477 e. The van der Waals surface area contributed by atoms with Gasteiger partial charge in [-0.25, -0.2) is 0 Å². The average molecular weight is 275 g/mol. The summed E-state index contributed by atoms with van der Waals surface area (Å²) in [5.74, 6) is 0.867. The van der Waals surface area contributed by atoms with Gasteiger partial charge in [0.1, 0.15) is 5.75 Å². The van der Waals surface area contributed by atoms with Crippen molar-refractivity contribution in [3.05, 3.63) is 23.8 Å². The van der Waals surface area contributed by atoms with Gasteiger partial charge in [-0.3, -0.25) is 4.79 Å². The third-order valence-electron chi connectivity index (χ3n) is 3.97. The van der Waals surface area contributed by atoms with Crippen molar-refractivity contribution >= 4 is 11.6 Å². The molecule has 1 fully saturated rings. The number of likely N-dealkylation sites (N-methyl/N-ethyl adjacent to an activating group) is 1. The molecule has 108 valence electrons. The van der Waals surface area contributed by atoms with E-state index in [0.29, 0.717) is 6.54 Å². The minimum atomic E-state index is -0.409. The molecule has 0 aliphatic carbocycles. The molecule has 0 radical (unpaired) electrons. The van der Waals surface area contributed by atoms with Crippen LogP contribution in [0.4, 0.5) is 5.69 Å². The molecule has 0 saturated carbocycles. The molecule has 0 aromatic heterocycles. The minimum absolute atomic E-state index is 0.0943. The highest BCUT2D eigenvalue weighted by Crippen LogP contribution is 2.30. The van der Waals surface area contributed by atoms with Crippen molar-refractivity contribution in [3.8, 4) is 5.75 Å². The molecule has 1 saturated heterocycles. The van der Waals surface area contributed by atoms with Gasteiger partial charge in [0.05, 0.1) is 12.2 Å². The van der Waals surface area contributed by atoms with Crippen molar-refractivity contribution in [1.82, 2.24) is 9.80 Å². The summed E-state index contributed by atoms with van der Waals surface area (Å²) in [5, 5.41) is 3.30. The molecule has 5 heteroatoms. The van der Waals surface area contributed by atoms with Crippen LogP contribution in [-0.2, 0) is 4.79 Å². The quantitative estimate of drug-likeness (QED) is 0.828. The van der Waals surface area contributed by atoms with Crippen molar-refractivity contribution in [3.63, 3.8) is 0 Å². The Labute approximate surface area is 119 Å². The summed E-state index contributed by atoms with van der Waals surface area (Å²) in [4.78, 5) is 16.6. The molecule has 20 heavy (non-hydrogen) atoms. The Balaban J connectivity index is 1.67. The fourth-order valence-corrected chi connectivity index (χ4v) is 2.65. The second-order valence-electron chi connectivity index (χ2n) is 5.62. The second kappa shape index (κ2) is 5.32. The third-order valence-corrected chi connectivity index (χ3v) is 3.97. The number of piperazine rings is 1. The number of fused-ring (bicyclic) bond motifs is 1. The fourth-order valence-electron chi connectivity index (χ4n) is 2.65. The molecule has 5 nitrogen and oxygen atoms in total. The fraction of sp³-hybridized carbons (Fsp3) is 0.533. The van der Waals surface area contributed by atoms with Crippen molar-refractivity contribution in [2.75, 3.05) is 45.1 Å². The monoisotopic (exact) mass is 275 g/mol. The number of rotatable bonds is 1. The maximum absolute atomic E-state index is 12.5. The number of benzene rings is 1. The molecule has 2 heterocycles. The van der Waals surface area contributed by atoms with Crippen LogP contribution in [0.25, 0.3) is 0 Å². The normalized spacial score (nSPS) is 22.7. The molecular weight excluding hydrogens is 254 g/mol. The average Bonchev–Trinajstić information content (AvgIpc) is 2.47. The van der Waals surface area contributed by atoms with Gasteiger partial charge in [-0.1, -0.05) is 6.07 Å². The van der Waals surface area contributed by atoms with Crippen molar-refractivity contribution < 1.29 is 9.53 Å². The number of amides is 1. The highest BCUT2D eigenvalue weighted by Gasteiger charge is 2.31. The molecule has 1 amide bonds. The highest BCUT2D eigenvalue weighted by molar-refractivity contribution is 5.83. The van der Waals surface area contributed by atoms with E-state index in [2.05, 4.69) is 17.3 Å². The Bertz CT molecular complexity index is 510. The van der Waals surface area contributed by atoms with Crippen LogP contribution in [0.5, 0.6) is 5.75 Å². The van der Waals surface area contributed by atoms with Crippen LogP contribution in [0.1, 0.15) is 5.56 Å². The molecule has 1 N–H and O–H groups in total. The number of aryl methyl sites for hydroxylation is 1. The Hall–Kier alpha value is -1.75. The van der Waals surface area contributed by atoms with E-state index in [0.717, 1.165) is 37.6 Å². The van der Waals surface area contributed by atoms with Crippen LogP contribution < -0.4 is 10.1 Å². The Morgan fingerprint density at radius 2 is 2.05 bits per heavy atom. The summed E-state index contributed by atoms with van der Waals surface area (Å²) in [5.41, 5.74) is 2.16. The van der Waals surface area contributed by atoms with E-state index in [1.807, 2.05) is 30.0 Å². The molecule has 3 rings (SSSR count). The van der Waals surface area contributed by atoms with Gasteiger partial charge in [-0.15, -0.1) is 0 Å². The van der Waals surface area contributed by atoms with Crippen LogP contribution >= 0.6 is 0 Å². The molecule has 0 bridgehead atoms. The number of nitrogens with one attached hydrogen (secondary N) is 1. The minimum Gasteiger partial charge on any atom is -0.477 e. The zero-order valence-corrected chi connectivity index (χ0v) is 12.1. The maximum atomic E-state index is 12.5. The lowest BCUT2D eigenvalue weighted by atomic mass is 10.1. The van der Waals surface area contributed by atoms with E-state index in [9.17, 15) is 4.79 Å². The van der Waals surface area contributed by atoms with Crippen LogP contribution in [0.2, 0.25) is 0 Å². The summed E-state index contributed by atoms with van der Waals surface area (Å²) >= 11 is 0. The van der Waals surface area contributed by atoms with Crippen molar-refractivity contribution in [1.29, 1.82) is 0 Å². The number of nitrogens with zero attached hydrogens (tertiary/aromatic N) is 2. The van der Waals surface area contributed by atoms with Crippen LogP contribution in [0.15, 0.2) is 18.2 Å². The second-order valence-corrected chi connectivity index (χ2v) is 5.62. The van der Waals surface area contributed by atoms with Gasteiger partial charge >= 0.3 is 0 Å². The highest BCUT2D eigenvalue weighted by atomic mass is 16.5. The van der Waals surface area contributed by atoms with E-state index in [1.54, 1.807) is 0 Å². The molecule has 2 aliphatic rings. The Kier molecular flexibility index (Phi) is 3.53. The van der Waals surface area contributed by atoms with E-state index >= 15 is 0 Å². The molecule has 1 unspecified atom stereocenters. The lowest BCUT2D eigenvalue weighted by Crippen LogP contribution is -2.53. The first kappa shape index (κ1) is 13.2. The predicted molar refractivity (Wildman–Crippen MR) is 78.2 cm³/mol. The lowest BCUT2D eigenvalue weighted by molar-refractivity contribution is -0.139. The van der Waals surface area contributed by atoms with Crippen LogP contribution in [0, 0.1) is 6.92 Å². The van der Waals surface area contributed by atoms with E-state index in [1.165, 1.54) is 5.56 Å². The first-order valence-electron chi connectivity index (χ1n) is 7.12. The number of hydrogen-bond donors (Lipinski definition) is 1. The third kappa shape index (κ3) is 2.58. The summed E-state index contributed by atoms with van der Waals surface area (Å²) in [6.45, 7) is 6.03. The smallest absolute Gasteiger partial charge is 0.265 e. The Morgan fingerprint density at radius 1 is 1.30 bits per heavy atom. The van der Waals surface area contributed by atoms with Gasteiger partial charge in [0.15, 0.2) is 6.10 Å². The maximum Gasteiger partial charge on any atom is 0.265 e. The van der Waals surface area contributed by atoms with Crippen molar-refractivity contribution in [2.24, 2.45) is 0 Å². The molecule has 1 aromatic carbocycles. The van der Waals surface area contributed by atoms with Crippen LogP contribution in [0.3, 0.4) is 0 Å². The topological polar surface area (TPSA) is 44.8 Å². The number of carbonyl (C=O) groups excluding carboxylic acids is 1. The zero-order valence-electron chi connectivity index (χ0n) is 12.1. The number of carbonyl (C=O) groups is 1. The number of anilines is 1. The van der Waals surface area contributed by atoms with E-state index in [-0.39, 0.29) is 5.91 Å². The van der Waals surface area contributed by atoms with Gasteiger partial charge in [0, 0.05) is 26.2 Å². The van der Waals surface area contributed by atoms with Gasteiger partial charge < -0.3 is 19.9 Å². The summed E-state index contributed by atoms with van der Waals surface area (Å²) < 4.78 is 5.86. The summed E-state index contributed by atoms with van der Waals surface area (Å²) in [7, 11) is 2.08. The van der Waals surface area contributed by atoms with Gasteiger partial charge in [-0.2, -0.15) is 0 Å². The van der Waals surface area contributed by atoms with Gasteiger partial charge in [-0.05, 0) is 31.7 Å².